The molecule has 2 heterocycles. The highest BCUT2D eigenvalue weighted by Gasteiger charge is 2.74. The number of piperidine rings is 1. The number of hydrogen-bond acceptors (Lipinski definition) is 5. The molecule has 4 aliphatic carbocycles. The van der Waals surface area contributed by atoms with Gasteiger partial charge < -0.3 is 24.4 Å². The van der Waals surface area contributed by atoms with Crippen molar-refractivity contribution in [1.82, 2.24) is 4.90 Å². The molecule has 7 atom stereocenters. The van der Waals surface area contributed by atoms with Crippen molar-refractivity contribution in [2.45, 2.75) is 68.3 Å². The molecular weight excluding hydrogens is 452 g/mol. The zero-order chi connectivity index (χ0) is 24.7. The standard InChI is InChI=1S/C30H36N2O4/c1-18(33)31-24-10-9-21-22-11-12-30(34-3)20(17-35-16-19-7-5-4-6-8-19)15-23-26(22)32(2)14-13-29(23)25(21)27(24)36-28(29)30/h4-10,20,22-23,26,28H,11-17H2,1-3H3,(H,31,33)/t20-,22?,23-,26-,28-,29+,30-/m1/s1. The summed E-state index contributed by atoms with van der Waals surface area (Å²) >= 11 is 0. The minimum absolute atomic E-state index is 0.0626. The van der Waals surface area contributed by atoms with Crippen LogP contribution in [0.15, 0.2) is 42.5 Å². The van der Waals surface area contributed by atoms with Crippen LogP contribution in [0.1, 0.15) is 55.2 Å². The first-order chi connectivity index (χ1) is 17.5. The van der Waals surface area contributed by atoms with Crippen LogP contribution in [0.25, 0.3) is 0 Å². The van der Waals surface area contributed by atoms with Crippen LogP contribution in [0.5, 0.6) is 5.75 Å². The van der Waals surface area contributed by atoms with Crippen molar-refractivity contribution >= 4 is 11.6 Å². The van der Waals surface area contributed by atoms with Crippen LogP contribution in [-0.4, -0.2) is 55.9 Å². The van der Waals surface area contributed by atoms with Crippen molar-refractivity contribution in [2.75, 3.05) is 32.6 Å². The van der Waals surface area contributed by atoms with E-state index in [1.165, 1.54) is 16.7 Å². The molecule has 36 heavy (non-hydrogen) atoms. The lowest BCUT2D eigenvalue weighted by atomic mass is 9.42. The van der Waals surface area contributed by atoms with Gasteiger partial charge in [-0.2, -0.15) is 0 Å². The summed E-state index contributed by atoms with van der Waals surface area (Å²) in [5.41, 5.74) is 4.35. The van der Waals surface area contributed by atoms with Gasteiger partial charge in [0.2, 0.25) is 5.91 Å². The summed E-state index contributed by atoms with van der Waals surface area (Å²) in [6.07, 6.45) is 4.12. The van der Waals surface area contributed by atoms with Crippen molar-refractivity contribution in [3.05, 3.63) is 59.2 Å². The van der Waals surface area contributed by atoms with Crippen molar-refractivity contribution in [2.24, 2.45) is 11.8 Å². The number of likely N-dealkylation sites (N-methyl/N-ethyl adjacent to an activating group) is 1. The van der Waals surface area contributed by atoms with E-state index < -0.39 is 5.60 Å². The monoisotopic (exact) mass is 488 g/mol. The first kappa shape index (κ1) is 22.8. The third kappa shape index (κ3) is 2.86. The number of hydrogen-bond donors (Lipinski definition) is 1. The average Bonchev–Trinajstić information content (AvgIpc) is 3.23. The fourth-order valence-corrected chi connectivity index (χ4v) is 8.99. The van der Waals surface area contributed by atoms with Crippen LogP contribution >= 0.6 is 0 Å². The Labute approximate surface area is 213 Å². The predicted octanol–water partition coefficient (Wildman–Crippen LogP) is 4.48. The second-order valence-electron chi connectivity index (χ2n) is 11.7. The maximum atomic E-state index is 12.1. The maximum Gasteiger partial charge on any atom is 0.221 e. The molecule has 8 rings (SSSR count). The summed E-state index contributed by atoms with van der Waals surface area (Å²) in [6.45, 7) is 3.91. The maximum absolute atomic E-state index is 12.1. The van der Waals surface area contributed by atoms with E-state index in [4.69, 9.17) is 14.2 Å². The fraction of sp³-hybridized carbons (Fsp3) is 0.567. The second-order valence-corrected chi connectivity index (χ2v) is 11.7. The van der Waals surface area contributed by atoms with Gasteiger partial charge in [-0.25, -0.2) is 0 Å². The third-order valence-electron chi connectivity index (χ3n) is 10.3. The van der Waals surface area contributed by atoms with Gasteiger partial charge in [0.15, 0.2) is 0 Å². The highest BCUT2D eigenvalue weighted by molar-refractivity contribution is 5.91. The van der Waals surface area contributed by atoms with E-state index in [-0.39, 0.29) is 23.3 Å². The number of ether oxygens (including phenoxy) is 3. The van der Waals surface area contributed by atoms with Crippen LogP contribution in [0.2, 0.25) is 0 Å². The Kier molecular flexibility index (Phi) is 5.09. The van der Waals surface area contributed by atoms with E-state index in [1.54, 1.807) is 6.92 Å². The lowest BCUT2D eigenvalue weighted by Crippen LogP contribution is -2.75. The summed E-state index contributed by atoms with van der Waals surface area (Å²) < 4.78 is 20.0. The molecule has 6 aliphatic rings. The second kappa shape index (κ2) is 8.04. The van der Waals surface area contributed by atoms with Crippen LogP contribution < -0.4 is 10.1 Å². The van der Waals surface area contributed by atoms with Crippen molar-refractivity contribution in [3.63, 3.8) is 0 Å². The van der Waals surface area contributed by atoms with Gasteiger partial charge in [0.1, 0.15) is 17.5 Å². The normalized spacial score (nSPS) is 37.4. The molecule has 2 aromatic carbocycles. The molecule has 7 bridgehead atoms. The Morgan fingerprint density at radius 2 is 2.03 bits per heavy atom. The molecule has 1 saturated heterocycles. The van der Waals surface area contributed by atoms with Gasteiger partial charge in [-0.05, 0) is 62.4 Å². The van der Waals surface area contributed by atoms with Crippen LogP contribution in [0.3, 0.4) is 0 Å². The number of carbonyl (C=O) groups is 1. The number of likely N-dealkylation sites (tertiary alicyclic amines) is 1. The summed E-state index contributed by atoms with van der Waals surface area (Å²) in [7, 11) is 4.19. The Balaban J connectivity index is 1.33. The van der Waals surface area contributed by atoms with E-state index in [9.17, 15) is 4.79 Å². The molecule has 2 saturated carbocycles. The van der Waals surface area contributed by atoms with Crippen molar-refractivity contribution in [1.29, 1.82) is 0 Å². The van der Waals surface area contributed by atoms with E-state index in [2.05, 4.69) is 53.7 Å². The Morgan fingerprint density at radius 3 is 2.81 bits per heavy atom. The Bertz CT molecular complexity index is 1200. The molecule has 6 nitrogen and oxygen atoms in total. The molecule has 1 unspecified atom stereocenters. The van der Waals surface area contributed by atoms with Crippen molar-refractivity contribution < 1.29 is 19.0 Å². The summed E-state index contributed by atoms with van der Waals surface area (Å²) in [5, 5.41) is 3.06. The number of nitrogens with one attached hydrogen (secondary N) is 1. The zero-order valence-corrected chi connectivity index (χ0v) is 21.5. The van der Waals surface area contributed by atoms with Gasteiger partial charge in [-0.3, -0.25) is 4.79 Å². The number of fused-ring (bicyclic) bond motifs is 2. The molecule has 1 N–H and O–H groups in total. The lowest BCUT2D eigenvalue weighted by molar-refractivity contribution is -0.228. The topological polar surface area (TPSA) is 60.0 Å². The zero-order valence-electron chi connectivity index (χ0n) is 21.5. The Morgan fingerprint density at radius 1 is 1.19 bits per heavy atom. The van der Waals surface area contributed by atoms with E-state index in [0.29, 0.717) is 31.1 Å². The SMILES string of the molecule is CO[C@]12CCC3c4ccc(NC(C)=O)c5c4[C@@]4(CCN(C)[C@H]3[C@H]4C[C@@H]1COCc1ccccc1)[C@H]2O5. The smallest absolute Gasteiger partial charge is 0.221 e. The number of benzene rings is 2. The number of nitrogens with zero attached hydrogens (tertiary/aromatic N) is 1. The van der Waals surface area contributed by atoms with Crippen LogP contribution in [-0.2, 0) is 26.3 Å². The van der Waals surface area contributed by atoms with Gasteiger partial charge in [-0.15, -0.1) is 0 Å². The molecule has 0 aromatic heterocycles. The van der Waals surface area contributed by atoms with Gasteiger partial charge in [-0.1, -0.05) is 36.4 Å². The van der Waals surface area contributed by atoms with E-state index >= 15 is 0 Å². The molecule has 1 spiro atoms. The third-order valence-corrected chi connectivity index (χ3v) is 10.3. The molecule has 1 amide bonds. The molecule has 2 aromatic rings. The summed E-state index contributed by atoms with van der Waals surface area (Å²) in [4.78, 5) is 14.7. The van der Waals surface area contributed by atoms with E-state index in [0.717, 1.165) is 43.7 Å². The fourth-order valence-electron chi connectivity index (χ4n) is 8.99. The van der Waals surface area contributed by atoms with Crippen molar-refractivity contribution in [3.8, 4) is 5.75 Å². The van der Waals surface area contributed by atoms with Gasteiger partial charge in [0.25, 0.3) is 0 Å². The highest BCUT2D eigenvalue weighted by Crippen LogP contribution is 2.71. The number of anilines is 1. The van der Waals surface area contributed by atoms with Gasteiger partial charge >= 0.3 is 0 Å². The predicted molar refractivity (Wildman–Crippen MR) is 137 cm³/mol. The molecule has 3 fully saturated rings. The summed E-state index contributed by atoms with van der Waals surface area (Å²) in [6, 6.07) is 15.2. The molecule has 2 aliphatic heterocycles. The van der Waals surface area contributed by atoms with Gasteiger partial charge in [0, 0.05) is 42.9 Å². The number of carbonyl (C=O) groups excluding carboxylic acids is 1. The van der Waals surface area contributed by atoms with Crippen LogP contribution in [0.4, 0.5) is 5.69 Å². The molecule has 6 heteroatoms. The quantitative estimate of drug-likeness (QED) is 0.650. The largest absolute Gasteiger partial charge is 0.484 e. The number of amides is 1. The Hall–Kier alpha value is -2.41. The van der Waals surface area contributed by atoms with E-state index in [1.807, 2.05) is 13.2 Å². The van der Waals surface area contributed by atoms with Crippen LogP contribution in [0, 0.1) is 11.8 Å². The lowest BCUT2D eigenvalue weighted by Gasteiger charge is -2.67. The summed E-state index contributed by atoms with van der Waals surface area (Å²) in [5.74, 6) is 2.04. The average molecular weight is 489 g/mol. The molecular formula is C30H36N2O4. The molecule has 190 valence electrons. The number of methoxy groups -OCH3 is 1. The minimum Gasteiger partial charge on any atom is -0.484 e. The highest BCUT2D eigenvalue weighted by atomic mass is 16.6. The minimum atomic E-state index is -0.406. The molecule has 0 radical (unpaired) electrons. The first-order valence-electron chi connectivity index (χ1n) is 13.5. The van der Waals surface area contributed by atoms with Gasteiger partial charge in [0.05, 0.1) is 18.9 Å². The first-order valence-corrected chi connectivity index (χ1v) is 13.5. The number of rotatable bonds is 6.